The van der Waals surface area contributed by atoms with Crippen molar-refractivity contribution in [1.82, 2.24) is 10.2 Å². The van der Waals surface area contributed by atoms with Gasteiger partial charge in [0, 0.05) is 13.1 Å². The molecule has 2 rings (SSSR count). The predicted octanol–water partition coefficient (Wildman–Crippen LogP) is 2.28. The molecule has 0 aliphatic carbocycles. The van der Waals surface area contributed by atoms with Crippen LogP contribution in [-0.2, 0) is 0 Å². The molecule has 2 amide bonds. The molecule has 6 nitrogen and oxygen atoms in total. The van der Waals surface area contributed by atoms with Crippen molar-refractivity contribution in [1.29, 1.82) is 0 Å². The summed E-state index contributed by atoms with van der Waals surface area (Å²) in [4.78, 5) is 13.8. The highest BCUT2D eigenvalue weighted by Crippen LogP contribution is 2.36. The van der Waals surface area contributed by atoms with E-state index >= 15 is 0 Å². The number of rotatable bonds is 6. The summed E-state index contributed by atoms with van der Waals surface area (Å²) in [7, 11) is 3.16. The van der Waals surface area contributed by atoms with E-state index in [-0.39, 0.29) is 6.03 Å². The number of hydrogen-bond donors (Lipinski definition) is 1. The Morgan fingerprint density at radius 1 is 1.14 bits per heavy atom. The third-order valence-electron chi connectivity index (χ3n) is 3.65. The maximum atomic E-state index is 11.9. The SMILES string of the molecule is COc1cccc(OCCNC(=O)N2CCCCC2)c1OC. The number of nitrogens with zero attached hydrogens (tertiary/aromatic N) is 1. The van der Waals surface area contributed by atoms with Crippen LogP contribution in [0.15, 0.2) is 18.2 Å². The lowest BCUT2D eigenvalue weighted by Crippen LogP contribution is -2.43. The van der Waals surface area contributed by atoms with Crippen LogP contribution in [0.2, 0.25) is 0 Å². The van der Waals surface area contributed by atoms with Gasteiger partial charge in [0.05, 0.1) is 20.8 Å². The molecule has 1 fully saturated rings. The van der Waals surface area contributed by atoms with Gasteiger partial charge in [-0.25, -0.2) is 4.79 Å². The zero-order chi connectivity index (χ0) is 15.8. The first kappa shape index (κ1) is 16.3. The molecule has 6 heteroatoms. The average Bonchev–Trinajstić information content (AvgIpc) is 2.58. The predicted molar refractivity (Wildman–Crippen MR) is 83.9 cm³/mol. The number of likely N-dealkylation sites (tertiary alicyclic amines) is 1. The Hall–Kier alpha value is -2.11. The number of benzene rings is 1. The zero-order valence-corrected chi connectivity index (χ0v) is 13.3. The van der Waals surface area contributed by atoms with E-state index in [4.69, 9.17) is 14.2 Å². The topological polar surface area (TPSA) is 60.0 Å². The van der Waals surface area contributed by atoms with E-state index in [0.717, 1.165) is 25.9 Å². The lowest BCUT2D eigenvalue weighted by Gasteiger charge is -2.26. The summed E-state index contributed by atoms with van der Waals surface area (Å²) >= 11 is 0. The molecule has 1 aromatic rings. The minimum absolute atomic E-state index is 0.0130. The molecule has 0 saturated carbocycles. The minimum Gasteiger partial charge on any atom is -0.493 e. The quantitative estimate of drug-likeness (QED) is 0.819. The Labute approximate surface area is 131 Å². The summed E-state index contributed by atoms with van der Waals surface area (Å²) in [6, 6.07) is 5.45. The molecule has 1 aliphatic heterocycles. The maximum absolute atomic E-state index is 11.9. The second-order valence-electron chi connectivity index (χ2n) is 5.12. The van der Waals surface area contributed by atoms with Gasteiger partial charge < -0.3 is 24.4 Å². The van der Waals surface area contributed by atoms with Gasteiger partial charge in [-0.15, -0.1) is 0 Å². The second kappa shape index (κ2) is 8.36. The van der Waals surface area contributed by atoms with Crippen LogP contribution >= 0.6 is 0 Å². The van der Waals surface area contributed by atoms with Crippen molar-refractivity contribution in [3.05, 3.63) is 18.2 Å². The van der Waals surface area contributed by atoms with Crippen LogP contribution in [0, 0.1) is 0 Å². The standard InChI is InChI=1S/C16H24N2O4/c1-20-13-7-6-8-14(15(13)21-2)22-12-9-17-16(19)18-10-4-3-5-11-18/h6-8H,3-5,9-12H2,1-2H3,(H,17,19). The van der Waals surface area contributed by atoms with E-state index in [1.54, 1.807) is 14.2 Å². The third kappa shape index (κ3) is 4.19. The number of piperidine rings is 1. The van der Waals surface area contributed by atoms with Crippen molar-refractivity contribution in [3.63, 3.8) is 0 Å². The zero-order valence-electron chi connectivity index (χ0n) is 13.3. The normalized spacial score (nSPS) is 14.4. The Morgan fingerprint density at radius 3 is 2.55 bits per heavy atom. The molecule has 0 radical (unpaired) electrons. The van der Waals surface area contributed by atoms with Crippen LogP contribution in [0.3, 0.4) is 0 Å². The van der Waals surface area contributed by atoms with Crippen molar-refractivity contribution in [2.45, 2.75) is 19.3 Å². The van der Waals surface area contributed by atoms with Gasteiger partial charge in [0.15, 0.2) is 11.5 Å². The highest BCUT2D eigenvalue weighted by Gasteiger charge is 2.16. The van der Waals surface area contributed by atoms with Crippen LogP contribution in [0.5, 0.6) is 17.2 Å². The van der Waals surface area contributed by atoms with E-state index in [9.17, 15) is 4.79 Å². The number of nitrogens with one attached hydrogen (secondary N) is 1. The Bertz CT molecular complexity index is 487. The number of amides is 2. The van der Waals surface area contributed by atoms with Crippen LogP contribution < -0.4 is 19.5 Å². The van der Waals surface area contributed by atoms with E-state index in [1.807, 2.05) is 23.1 Å². The fraction of sp³-hybridized carbons (Fsp3) is 0.562. The first-order valence-electron chi connectivity index (χ1n) is 7.63. The molecule has 0 spiro atoms. The maximum Gasteiger partial charge on any atom is 0.317 e. The lowest BCUT2D eigenvalue weighted by molar-refractivity contribution is 0.183. The summed E-state index contributed by atoms with van der Waals surface area (Å²) in [6.45, 7) is 2.52. The third-order valence-corrected chi connectivity index (χ3v) is 3.65. The summed E-state index contributed by atoms with van der Waals surface area (Å²) < 4.78 is 16.2. The molecule has 1 heterocycles. The molecular weight excluding hydrogens is 284 g/mol. The fourth-order valence-electron chi connectivity index (χ4n) is 2.50. The molecule has 1 aliphatic rings. The van der Waals surface area contributed by atoms with Gasteiger partial charge >= 0.3 is 6.03 Å². The van der Waals surface area contributed by atoms with Crippen LogP contribution in [0.25, 0.3) is 0 Å². The highest BCUT2D eigenvalue weighted by molar-refractivity contribution is 5.74. The first-order chi connectivity index (χ1) is 10.8. The summed E-state index contributed by atoms with van der Waals surface area (Å²) in [5.41, 5.74) is 0. The van der Waals surface area contributed by atoms with Crippen LogP contribution in [0.1, 0.15) is 19.3 Å². The van der Waals surface area contributed by atoms with Gasteiger partial charge in [-0.2, -0.15) is 0 Å². The van der Waals surface area contributed by atoms with Gasteiger partial charge in [0.1, 0.15) is 6.61 Å². The molecule has 122 valence electrons. The number of carbonyl (C=O) groups excluding carboxylic acids is 1. The highest BCUT2D eigenvalue weighted by atomic mass is 16.5. The Balaban J connectivity index is 1.78. The van der Waals surface area contributed by atoms with Gasteiger partial charge in [0.25, 0.3) is 0 Å². The average molecular weight is 308 g/mol. The molecule has 1 saturated heterocycles. The molecule has 0 bridgehead atoms. The van der Waals surface area contributed by atoms with Crippen LogP contribution in [0.4, 0.5) is 4.79 Å². The number of carbonyl (C=O) groups is 1. The fourth-order valence-corrected chi connectivity index (χ4v) is 2.50. The molecular formula is C16H24N2O4. The van der Waals surface area contributed by atoms with E-state index in [2.05, 4.69) is 5.32 Å². The number of methoxy groups -OCH3 is 2. The summed E-state index contributed by atoms with van der Waals surface area (Å²) in [5, 5.41) is 2.88. The smallest absolute Gasteiger partial charge is 0.317 e. The lowest BCUT2D eigenvalue weighted by atomic mass is 10.1. The monoisotopic (exact) mass is 308 g/mol. The van der Waals surface area contributed by atoms with Crippen molar-refractivity contribution in [3.8, 4) is 17.2 Å². The summed E-state index contributed by atoms with van der Waals surface area (Å²) in [6.07, 6.45) is 3.39. The largest absolute Gasteiger partial charge is 0.493 e. The van der Waals surface area contributed by atoms with Crippen molar-refractivity contribution in [2.24, 2.45) is 0 Å². The van der Waals surface area contributed by atoms with E-state index < -0.39 is 0 Å². The number of hydrogen-bond acceptors (Lipinski definition) is 4. The Kier molecular flexibility index (Phi) is 6.18. The van der Waals surface area contributed by atoms with Crippen LogP contribution in [-0.4, -0.2) is 51.4 Å². The number of urea groups is 1. The minimum atomic E-state index is -0.0130. The number of para-hydroxylation sites is 1. The van der Waals surface area contributed by atoms with Crippen molar-refractivity contribution >= 4 is 6.03 Å². The molecule has 0 aromatic heterocycles. The van der Waals surface area contributed by atoms with E-state index in [0.29, 0.717) is 30.4 Å². The van der Waals surface area contributed by atoms with Gasteiger partial charge in [-0.3, -0.25) is 0 Å². The molecule has 0 atom stereocenters. The van der Waals surface area contributed by atoms with Gasteiger partial charge in [0.2, 0.25) is 5.75 Å². The molecule has 0 unspecified atom stereocenters. The number of ether oxygens (including phenoxy) is 3. The van der Waals surface area contributed by atoms with Gasteiger partial charge in [-0.1, -0.05) is 6.07 Å². The van der Waals surface area contributed by atoms with Crippen molar-refractivity contribution in [2.75, 3.05) is 40.5 Å². The van der Waals surface area contributed by atoms with E-state index in [1.165, 1.54) is 6.42 Å². The Morgan fingerprint density at radius 2 is 1.86 bits per heavy atom. The van der Waals surface area contributed by atoms with Gasteiger partial charge in [-0.05, 0) is 31.4 Å². The van der Waals surface area contributed by atoms with Crippen molar-refractivity contribution < 1.29 is 19.0 Å². The molecule has 22 heavy (non-hydrogen) atoms. The second-order valence-corrected chi connectivity index (χ2v) is 5.12. The molecule has 1 N–H and O–H groups in total. The first-order valence-corrected chi connectivity index (χ1v) is 7.63. The summed E-state index contributed by atoms with van der Waals surface area (Å²) in [5.74, 6) is 1.79. The molecule has 1 aromatic carbocycles.